The minimum atomic E-state index is 0.409. The molecule has 0 bridgehead atoms. The number of hydrogen-bond donors (Lipinski definition) is 0. The summed E-state index contributed by atoms with van der Waals surface area (Å²) in [6.07, 6.45) is 0. The van der Waals surface area contributed by atoms with E-state index in [0.29, 0.717) is 4.11 Å². The fraction of sp³-hybridized carbons (Fsp3) is 1.00. The maximum atomic E-state index is 5.29. The molecule has 1 aliphatic heterocycles. The van der Waals surface area contributed by atoms with Crippen LogP contribution in [0.15, 0.2) is 0 Å². The first kappa shape index (κ1) is 6.77. The van der Waals surface area contributed by atoms with E-state index in [-0.39, 0.29) is 0 Å². The molecule has 1 saturated heterocycles. The molecule has 0 saturated carbocycles. The summed E-state index contributed by atoms with van der Waals surface area (Å²) in [5.74, 6) is 0. The molecule has 8 heavy (non-hydrogen) atoms. The number of morpholine rings is 1. The van der Waals surface area contributed by atoms with E-state index in [9.17, 15) is 0 Å². The molecular formula is C5H10INO. The first-order valence-corrected chi connectivity index (χ1v) is 3.98. The quantitative estimate of drug-likeness (QED) is 0.446. The number of nitrogens with zero attached hydrogens (tertiary/aromatic N) is 1. The zero-order valence-electron chi connectivity index (χ0n) is 4.93. The highest BCUT2D eigenvalue weighted by atomic mass is 127. The summed E-state index contributed by atoms with van der Waals surface area (Å²) >= 11 is 2.31. The van der Waals surface area contributed by atoms with Gasteiger partial charge in [0.25, 0.3) is 0 Å². The summed E-state index contributed by atoms with van der Waals surface area (Å²) in [4.78, 5) is 2.28. The Kier molecular flexibility index (Phi) is 2.52. The van der Waals surface area contributed by atoms with E-state index < -0.39 is 0 Å². The molecule has 1 fully saturated rings. The molecule has 1 aliphatic rings. The molecular weight excluding hydrogens is 217 g/mol. The molecule has 0 amide bonds. The molecule has 0 aliphatic carbocycles. The van der Waals surface area contributed by atoms with Gasteiger partial charge in [-0.25, -0.2) is 0 Å². The number of halogens is 1. The molecule has 48 valence electrons. The molecule has 3 heteroatoms. The number of likely N-dealkylation sites (N-methyl/N-ethyl adjacent to an activating group) is 1. The second kappa shape index (κ2) is 2.98. The van der Waals surface area contributed by atoms with Crippen LogP contribution in [-0.4, -0.2) is 35.8 Å². The van der Waals surface area contributed by atoms with E-state index in [1.165, 1.54) is 0 Å². The van der Waals surface area contributed by atoms with Crippen LogP contribution in [0.3, 0.4) is 0 Å². The maximum Gasteiger partial charge on any atom is 0.121 e. The third kappa shape index (κ3) is 1.87. The lowest BCUT2D eigenvalue weighted by Crippen LogP contribution is -2.36. The van der Waals surface area contributed by atoms with Gasteiger partial charge in [-0.3, -0.25) is 0 Å². The van der Waals surface area contributed by atoms with Gasteiger partial charge in [0.2, 0.25) is 0 Å². The van der Waals surface area contributed by atoms with E-state index in [1.807, 2.05) is 0 Å². The first-order valence-electron chi connectivity index (χ1n) is 2.73. The molecule has 1 rings (SSSR count). The highest BCUT2D eigenvalue weighted by Crippen LogP contribution is 2.08. The van der Waals surface area contributed by atoms with Crippen molar-refractivity contribution in [3.8, 4) is 0 Å². The van der Waals surface area contributed by atoms with Gasteiger partial charge in [0.05, 0.1) is 6.61 Å². The summed E-state index contributed by atoms with van der Waals surface area (Å²) in [5, 5.41) is 0. The lowest BCUT2D eigenvalue weighted by atomic mass is 10.5. The van der Waals surface area contributed by atoms with Crippen LogP contribution in [0.5, 0.6) is 0 Å². The SMILES string of the molecule is CN1CCOC(I)C1. The fourth-order valence-electron chi connectivity index (χ4n) is 0.725. The summed E-state index contributed by atoms with van der Waals surface area (Å²) < 4.78 is 5.70. The molecule has 1 unspecified atom stereocenters. The van der Waals surface area contributed by atoms with Gasteiger partial charge in [-0.2, -0.15) is 0 Å². The predicted molar refractivity (Wildman–Crippen MR) is 41.3 cm³/mol. The third-order valence-electron chi connectivity index (χ3n) is 1.23. The van der Waals surface area contributed by atoms with Crippen molar-refractivity contribution in [2.24, 2.45) is 0 Å². The van der Waals surface area contributed by atoms with Crippen LogP contribution >= 0.6 is 22.6 Å². The summed E-state index contributed by atoms with van der Waals surface area (Å²) in [6.45, 7) is 3.05. The average Bonchev–Trinajstić information content (AvgIpc) is 1.64. The van der Waals surface area contributed by atoms with Gasteiger partial charge >= 0.3 is 0 Å². The molecule has 0 aromatic rings. The second-order valence-electron chi connectivity index (χ2n) is 2.04. The Hall–Kier alpha value is 0.650. The van der Waals surface area contributed by atoms with Crippen molar-refractivity contribution in [2.45, 2.75) is 4.11 Å². The third-order valence-corrected chi connectivity index (χ3v) is 1.98. The van der Waals surface area contributed by atoms with Gasteiger partial charge in [0, 0.05) is 13.1 Å². The molecule has 1 atom stereocenters. The molecule has 1 heterocycles. The van der Waals surface area contributed by atoms with Gasteiger partial charge in [0.15, 0.2) is 0 Å². The van der Waals surface area contributed by atoms with Crippen LogP contribution in [0.1, 0.15) is 0 Å². The van der Waals surface area contributed by atoms with Gasteiger partial charge in [-0.15, -0.1) is 0 Å². The van der Waals surface area contributed by atoms with Crippen LogP contribution in [0.25, 0.3) is 0 Å². The lowest BCUT2D eigenvalue weighted by molar-refractivity contribution is 0.0387. The predicted octanol–water partition coefficient (Wildman–Crippen LogP) is 0.709. The van der Waals surface area contributed by atoms with E-state index in [2.05, 4.69) is 34.5 Å². The van der Waals surface area contributed by atoms with Crippen LogP contribution in [0.4, 0.5) is 0 Å². The number of alkyl halides is 1. The summed E-state index contributed by atoms with van der Waals surface area (Å²) in [7, 11) is 2.12. The molecule has 0 spiro atoms. The highest BCUT2D eigenvalue weighted by Gasteiger charge is 2.12. The Balaban J connectivity index is 2.23. The van der Waals surface area contributed by atoms with Crippen molar-refractivity contribution in [1.82, 2.24) is 4.90 Å². The number of hydrogen-bond acceptors (Lipinski definition) is 2. The molecule has 2 nitrogen and oxygen atoms in total. The molecule has 0 radical (unpaired) electrons. The standard InChI is InChI=1S/C5H10INO/c1-7-2-3-8-5(6)4-7/h5H,2-4H2,1H3. The first-order chi connectivity index (χ1) is 3.79. The largest absolute Gasteiger partial charge is 0.365 e. The van der Waals surface area contributed by atoms with E-state index in [0.717, 1.165) is 19.7 Å². The van der Waals surface area contributed by atoms with Crippen molar-refractivity contribution >= 4 is 22.6 Å². The van der Waals surface area contributed by atoms with Crippen molar-refractivity contribution in [1.29, 1.82) is 0 Å². The Morgan fingerprint density at radius 2 is 2.50 bits per heavy atom. The Labute approximate surface area is 63.3 Å². The topological polar surface area (TPSA) is 12.5 Å². The minimum absolute atomic E-state index is 0.409. The molecule has 0 aromatic heterocycles. The summed E-state index contributed by atoms with van der Waals surface area (Å²) in [6, 6.07) is 0. The minimum Gasteiger partial charge on any atom is -0.365 e. The average molecular weight is 227 g/mol. The Morgan fingerprint density at radius 3 is 2.88 bits per heavy atom. The van der Waals surface area contributed by atoms with Gasteiger partial charge < -0.3 is 9.64 Å². The molecule has 0 aromatic carbocycles. The zero-order valence-corrected chi connectivity index (χ0v) is 7.09. The van der Waals surface area contributed by atoms with Gasteiger partial charge in [0.1, 0.15) is 4.11 Å². The maximum absolute atomic E-state index is 5.29. The summed E-state index contributed by atoms with van der Waals surface area (Å²) in [5.41, 5.74) is 0. The number of rotatable bonds is 0. The number of ether oxygens (including phenoxy) is 1. The normalized spacial score (nSPS) is 33.0. The lowest BCUT2D eigenvalue weighted by Gasteiger charge is -2.26. The van der Waals surface area contributed by atoms with E-state index in [1.54, 1.807) is 0 Å². The smallest absolute Gasteiger partial charge is 0.121 e. The van der Waals surface area contributed by atoms with Crippen LogP contribution in [0, 0.1) is 0 Å². The Morgan fingerprint density at radius 1 is 1.75 bits per heavy atom. The fourth-order valence-corrected chi connectivity index (χ4v) is 1.65. The second-order valence-corrected chi connectivity index (χ2v) is 3.43. The van der Waals surface area contributed by atoms with Gasteiger partial charge in [-0.1, -0.05) is 0 Å². The van der Waals surface area contributed by atoms with Crippen molar-refractivity contribution in [3.63, 3.8) is 0 Å². The molecule has 0 N–H and O–H groups in total. The van der Waals surface area contributed by atoms with Crippen LogP contribution in [0.2, 0.25) is 0 Å². The van der Waals surface area contributed by atoms with Gasteiger partial charge in [-0.05, 0) is 29.6 Å². The Bertz CT molecular complexity index is 70.8. The highest BCUT2D eigenvalue weighted by molar-refractivity contribution is 14.1. The van der Waals surface area contributed by atoms with E-state index >= 15 is 0 Å². The van der Waals surface area contributed by atoms with Crippen LogP contribution in [-0.2, 0) is 4.74 Å². The zero-order chi connectivity index (χ0) is 5.98. The van der Waals surface area contributed by atoms with Crippen molar-refractivity contribution in [2.75, 3.05) is 26.7 Å². The van der Waals surface area contributed by atoms with Crippen molar-refractivity contribution in [3.05, 3.63) is 0 Å². The van der Waals surface area contributed by atoms with Crippen LogP contribution < -0.4 is 0 Å². The monoisotopic (exact) mass is 227 g/mol. The van der Waals surface area contributed by atoms with Crippen molar-refractivity contribution < 1.29 is 4.74 Å². The van der Waals surface area contributed by atoms with E-state index in [4.69, 9.17) is 4.74 Å².